The molecule has 4 heteroatoms. The van der Waals surface area contributed by atoms with Gasteiger partial charge in [0.2, 0.25) is 0 Å². The highest BCUT2D eigenvalue weighted by molar-refractivity contribution is 5.28. The third kappa shape index (κ3) is 3.69. The first kappa shape index (κ1) is 16.0. The molecule has 0 saturated heterocycles. The molecule has 2 unspecified atom stereocenters. The van der Waals surface area contributed by atoms with Crippen molar-refractivity contribution in [2.24, 2.45) is 5.73 Å². The second-order valence-corrected chi connectivity index (χ2v) is 5.15. The van der Waals surface area contributed by atoms with Gasteiger partial charge in [0.25, 0.3) is 0 Å². The van der Waals surface area contributed by atoms with E-state index in [-0.39, 0.29) is 11.6 Å². The summed E-state index contributed by atoms with van der Waals surface area (Å²) in [4.78, 5) is 2.23. The van der Waals surface area contributed by atoms with Crippen molar-refractivity contribution < 1.29 is 9.47 Å². The lowest BCUT2D eigenvalue weighted by molar-refractivity contribution is -0.0230. The maximum atomic E-state index is 5.95. The molecule has 2 N–H and O–H groups in total. The second-order valence-electron chi connectivity index (χ2n) is 5.15. The Bertz CT molecular complexity index is 397. The van der Waals surface area contributed by atoms with Gasteiger partial charge in [0.05, 0.1) is 18.8 Å². The van der Waals surface area contributed by atoms with E-state index in [9.17, 15) is 0 Å². The topological polar surface area (TPSA) is 47.7 Å². The van der Waals surface area contributed by atoms with E-state index in [2.05, 4.69) is 31.9 Å². The van der Waals surface area contributed by atoms with Crippen LogP contribution in [0.25, 0.3) is 0 Å². The SMILES string of the molecule is COc1cccc(CN(C)C(C)(CN)C(C)OC)c1. The maximum Gasteiger partial charge on any atom is 0.119 e. The zero-order valence-electron chi connectivity index (χ0n) is 12.6. The quantitative estimate of drug-likeness (QED) is 0.818. The van der Waals surface area contributed by atoms with Crippen molar-refractivity contribution in [2.75, 3.05) is 27.8 Å². The highest BCUT2D eigenvalue weighted by atomic mass is 16.5. The number of nitrogens with zero attached hydrogens (tertiary/aromatic N) is 1. The number of hydrogen-bond donors (Lipinski definition) is 1. The average molecular weight is 266 g/mol. The van der Waals surface area contributed by atoms with Gasteiger partial charge in [-0.3, -0.25) is 4.90 Å². The molecule has 108 valence electrons. The van der Waals surface area contributed by atoms with Crippen molar-refractivity contribution in [1.29, 1.82) is 0 Å². The lowest BCUT2D eigenvalue weighted by atomic mass is 9.93. The van der Waals surface area contributed by atoms with Crippen LogP contribution >= 0.6 is 0 Å². The van der Waals surface area contributed by atoms with E-state index in [1.807, 2.05) is 18.2 Å². The summed E-state index contributed by atoms with van der Waals surface area (Å²) in [6, 6.07) is 8.09. The Balaban J connectivity index is 2.84. The standard InChI is InChI=1S/C15H26N2O2/c1-12(18-4)15(2,11-16)17(3)10-13-7-6-8-14(9-13)19-5/h6-9,12H,10-11,16H2,1-5H3. The van der Waals surface area contributed by atoms with E-state index in [0.29, 0.717) is 6.54 Å². The Labute approximate surface area is 116 Å². The van der Waals surface area contributed by atoms with Crippen LogP contribution in [0, 0.1) is 0 Å². The molecule has 0 radical (unpaired) electrons. The molecule has 1 aromatic carbocycles. The largest absolute Gasteiger partial charge is 0.497 e. The van der Waals surface area contributed by atoms with Gasteiger partial charge in [-0.15, -0.1) is 0 Å². The Morgan fingerprint density at radius 3 is 2.58 bits per heavy atom. The number of hydrogen-bond acceptors (Lipinski definition) is 4. The van der Waals surface area contributed by atoms with Gasteiger partial charge in [0, 0.05) is 20.2 Å². The summed E-state index contributed by atoms with van der Waals surface area (Å²) >= 11 is 0. The summed E-state index contributed by atoms with van der Waals surface area (Å²) in [5, 5.41) is 0. The molecule has 0 amide bonds. The summed E-state index contributed by atoms with van der Waals surface area (Å²) in [6.45, 7) is 5.53. The van der Waals surface area contributed by atoms with Crippen LogP contribution < -0.4 is 10.5 Å². The molecule has 0 heterocycles. The lowest BCUT2D eigenvalue weighted by Crippen LogP contribution is -2.57. The molecule has 4 nitrogen and oxygen atoms in total. The molecule has 2 atom stereocenters. The second kappa shape index (κ2) is 6.89. The van der Waals surface area contributed by atoms with Crippen molar-refractivity contribution in [1.82, 2.24) is 4.90 Å². The van der Waals surface area contributed by atoms with Crippen LogP contribution in [-0.2, 0) is 11.3 Å². The van der Waals surface area contributed by atoms with E-state index in [0.717, 1.165) is 12.3 Å². The predicted octanol–water partition coefficient (Wildman–Crippen LogP) is 1.88. The molecule has 0 aliphatic rings. The van der Waals surface area contributed by atoms with Gasteiger partial charge in [-0.1, -0.05) is 12.1 Å². The number of rotatable bonds is 7. The summed E-state index contributed by atoms with van der Waals surface area (Å²) in [7, 11) is 5.47. The van der Waals surface area contributed by atoms with E-state index in [1.54, 1.807) is 14.2 Å². The third-order valence-electron chi connectivity index (χ3n) is 4.07. The molecule has 0 spiro atoms. The Hall–Kier alpha value is -1.10. The van der Waals surface area contributed by atoms with Crippen LogP contribution in [-0.4, -0.2) is 44.4 Å². The Kier molecular flexibility index (Phi) is 5.79. The fraction of sp³-hybridized carbons (Fsp3) is 0.600. The summed E-state index contributed by atoms with van der Waals surface area (Å²) < 4.78 is 10.7. The van der Waals surface area contributed by atoms with Gasteiger partial charge < -0.3 is 15.2 Å². The molecule has 0 aliphatic heterocycles. The average Bonchev–Trinajstić information content (AvgIpc) is 2.45. The van der Waals surface area contributed by atoms with Gasteiger partial charge in [0.15, 0.2) is 0 Å². The fourth-order valence-corrected chi connectivity index (χ4v) is 2.11. The summed E-state index contributed by atoms with van der Waals surface area (Å²) in [5.41, 5.74) is 6.95. The molecule has 1 aromatic rings. The van der Waals surface area contributed by atoms with Crippen LogP contribution in [0.3, 0.4) is 0 Å². The molecule has 0 bridgehead atoms. The van der Waals surface area contributed by atoms with Crippen LogP contribution in [0.5, 0.6) is 5.75 Å². The molecular weight excluding hydrogens is 240 g/mol. The van der Waals surface area contributed by atoms with Gasteiger partial charge in [0.1, 0.15) is 5.75 Å². The maximum absolute atomic E-state index is 5.95. The smallest absolute Gasteiger partial charge is 0.119 e. The molecule has 0 saturated carbocycles. The number of nitrogens with two attached hydrogens (primary N) is 1. The van der Waals surface area contributed by atoms with Gasteiger partial charge in [-0.2, -0.15) is 0 Å². The monoisotopic (exact) mass is 266 g/mol. The fourth-order valence-electron chi connectivity index (χ4n) is 2.11. The number of likely N-dealkylation sites (N-methyl/N-ethyl adjacent to an activating group) is 1. The molecule has 1 rings (SSSR count). The predicted molar refractivity (Wildman–Crippen MR) is 78.4 cm³/mol. The highest BCUT2D eigenvalue weighted by Gasteiger charge is 2.34. The zero-order valence-corrected chi connectivity index (χ0v) is 12.6. The first-order chi connectivity index (χ1) is 8.97. The van der Waals surface area contributed by atoms with Gasteiger partial charge in [-0.05, 0) is 38.6 Å². The number of methoxy groups -OCH3 is 2. The van der Waals surface area contributed by atoms with E-state index < -0.39 is 0 Å². The van der Waals surface area contributed by atoms with Crippen molar-refractivity contribution >= 4 is 0 Å². The highest BCUT2D eigenvalue weighted by Crippen LogP contribution is 2.22. The van der Waals surface area contributed by atoms with Crippen molar-refractivity contribution in [3.8, 4) is 5.75 Å². The van der Waals surface area contributed by atoms with Crippen molar-refractivity contribution in [3.05, 3.63) is 29.8 Å². The Morgan fingerprint density at radius 1 is 1.37 bits per heavy atom. The molecular formula is C15H26N2O2. The third-order valence-corrected chi connectivity index (χ3v) is 4.07. The van der Waals surface area contributed by atoms with E-state index in [4.69, 9.17) is 15.2 Å². The Morgan fingerprint density at radius 2 is 2.05 bits per heavy atom. The first-order valence-electron chi connectivity index (χ1n) is 6.55. The van der Waals surface area contributed by atoms with E-state index >= 15 is 0 Å². The molecule has 19 heavy (non-hydrogen) atoms. The van der Waals surface area contributed by atoms with E-state index in [1.165, 1.54) is 5.56 Å². The van der Waals surface area contributed by atoms with Crippen LogP contribution in [0.1, 0.15) is 19.4 Å². The van der Waals surface area contributed by atoms with Crippen LogP contribution in [0.4, 0.5) is 0 Å². The van der Waals surface area contributed by atoms with Crippen molar-refractivity contribution in [2.45, 2.75) is 32.0 Å². The van der Waals surface area contributed by atoms with Gasteiger partial charge >= 0.3 is 0 Å². The number of ether oxygens (including phenoxy) is 2. The first-order valence-corrected chi connectivity index (χ1v) is 6.55. The normalized spacial score (nSPS) is 16.2. The van der Waals surface area contributed by atoms with Crippen molar-refractivity contribution in [3.63, 3.8) is 0 Å². The molecule has 0 aromatic heterocycles. The number of benzene rings is 1. The van der Waals surface area contributed by atoms with Crippen LogP contribution in [0.2, 0.25) is 0 Å². The molecule has 0 aliphatic carbocycles. The van der Waals surface area contributed by atoms with Gasteiger partial charge in [-0.25, -0.2) is 0 Å². The summed E-state index contributed by atoms with van der Waals surface area (Å²) in [5.74, 6) is 0.875. The minimum atomic E-state index is -0.197. The minimum Gasteiger partial charge on any atom is -0.497 e. The summed E-state index contributed by atoms with van der Waals surface area (Å²) in [6.07, 6.45) is 0.0631. The minimum absolute atomic E-state index is 0.0631. The zero-order chi connectivity index (χ0) is 14.5. The molecule has 0 fully saturated rings. The lowest BCUT2D eigenvalue weighted by Gasteiger charge is -2.42. The van der Waals surface area contributed by atoms with Crippen LogP contribution in [0.15, 0.2) is 24.3 Å².